The fourth-order valence-electron chi connectivity index (χ4n) is 2.41. The number of carbonyl (C=O) groups is 1. The van der Waals surface area contributed by atoms with Crippen LogP contribution >= 0.6 is 11.9 Å². The fourth-order valence-corrected chi connectivity index (χ4v) is 2.41. The second kappa shape index (κ2) is 10.0. The summed E-state index contributed by atoms with van der Waals surface area (Å²) < 4.78 is 12.0. The molecular weight excluding hydrogens is 314 g/mol. The normalized spacial score (nSPS) is 12.8. The number of ether oxygens (including phenoxy) is 1. The summed E-state index contributed by atoms with van der Waals surface area (Å²) in [5, 5.41) is 0. The SMILES string of the molecule is CC(OC(=O)[C@H](C)N)C(c1ccccc1)c1ccccc1.OCl. The molecule has 0 aromatic heterocycles. The molecule has 2 aromatic carbocycles. The Morgan fingerprint density at radius 3 is 1.70 bits per heavy atom. The summed E-state index contributed by atoms with van der Waals surface area (Å²) in [7, 11) is 0. The Balaban J connectivity index is 0.00000127. The van der Waals surface area contributed by atoms with Crippen molar-refractivity contribution in [2.45, 2.75) is 31.9 Å². The highest BCUT2D eigenvalue weighted by molar-refractivity contribution is 6.04. The van der Waals surface area contributed by atoms with Crippen LogP contribution in [-0.4, -0.2) is 22.8 Å². The molecule has 2 aromatic rings. The Morgan fingerprint density at radius 1 is 0.957 bits per heavy atom. The molecular formula is C18H22ClNO3. The molecule has 3 N–H and O–H groups in total. The number of halogens is 1. The van der Waals surface area contributed by atoms with Crippen molar-refractivity contribution in [3.8, 4) is 0 Å². The van der Waals surface area contributed by atoms with E-state index in [1.165, 1.54) is 0 Å². The Kier molecular flexibility index (Phi) is 8.33. The number of nitrogens with two attached hydrogens (primary N) is 1. The minimum atomic E-state index is -0.611. The van der Waals surface area contributed by atoms with Gasteiger partial charge in [-0.05, 0) is 25.0 Å². The van der Waals surface area contributed by atoms with Crippen LogP contribution in [0, 0.1) is 0 Å². The summed E-state index contributed by atoms with van der Waals surface area (Å²) in [6.45, 7) is 3.54. The molecule has 0 aliphatic heterocycles. The van der Waals surface area contributed by atoms with Gasteiger partial charge in [0, 0.05) is 5.92 Å². The quantitative estimate of drug-likeness (QED) is 0.823. The monoisotopic (exact) mass is 335 g/mol. The molecule has 0 aliphatic carbocycles. The summed E-state index contributed by atoms with van der Waals surface area (Å²) in [6.07, 6.45) is -0.284. The third kappa shape index (κ3) is 5.67. The molecule has 2 atom stereocenters. The van der Waals surface area contributed by atoms with Gasteiger partial charge in [-0.25, -0.2) is 0 Å². The number of carbonyl (C=O) groups excluding carboxylic acids is 1. The van der Waals surface area contributed by atoms with Crippen LogP contribution in [0.4, 0.5) is 0 Å². The maximum atomic E-state index is 11.8. The van der Waals surface area contributed by atoms with Gasteiger partial charge in [0.1, 0.15) is 12.1 Å². The highest BCUT2D eigenvalue weighted by atomic mass is 35.5. The summed E-state index contributed by atoms with van der Waals surface area (Å²) >= 11 is 3.64. The molecule has 0 bridgehead atoms. The summed E-state index contributed by atoms with van der Waals surface area (Å²) in [5.74, 6) is -0.380. The van der Waals surface area contributed by atoms with Crippen LogP contribution in [0.25, 0.3) is 0 Å². The first-order valence-electron chi connectivity index (χ1n) is 7.32. The van der Waals surface area contributed by atoms with E-state index in [9.17, 15) is 4.79 Å². The second-order valence-corrected chi connectivity index (χ2v) is 5.23. The van der Waals surface area contributed by atoms with Gasteiger partial charge < -0.3 is 10.5 Å². The molecule has 0 saturated carbocycles. The predicted octanol–water partition coefficient (Wildman–Crippen LogP) is 3.23. The molecule has 4 nitrogen and oxygen atoms in total. The molecule has 0 spiro atoms. The van der Waals surface area contributed by atoms with E-state index in [0.29, 0.717) is 0 Å². The van der Waals surface area contributed by atoms with Gasteiger partial charge in [0.15, 0.2) is 0 Å². The van der Waals surface area contributed by atoms with E-state index in [4.69, 9.17) is 15.1 Å². The van der Waals surface area contributed by atoms with Gasteiger partial charge in [-0.2, -0.15) is 0 Å². The number of esters is 1. The zero-order valence-corrected chi connectivity index (χ0v) is 14.0. The lowest BCUT2D eigenvalue weighted by Crippen LogP contribution is -2.33. The Hall–Kier alpha value is -1.88. The van der Waals surface area contributed by atoms with Crippen molar-refractivity contribution in [2.75, 3.05) is 0 Å². The summed E-state index contributed by atoms with van der Waals surface area (Å²) in [4.78, 5) is 11.8. The molecule has 0 radical (unpaired) electrons. The van der Waals surface area contributed by atoms with Gasteiger partial charge in [0.05, 0.1) is 11.9 Å². The van der Waals surface area contributed by atoms with Gasteiger partial charge in [0.25, 0.3) is 0 Å². The van der Waals surface area contributed by atoms with E-state index in [1.807, 2.05) is 67.6 Å². The van der Waals surface area contributed by atoms with Crippen LogP contribution in [0.15, 0.2) is 60.7 Å². The molecule has 1 unspecified atom stereocenters. The molecule has 23 heavy (non-hydrogen) atoms. The van der Waals surface area contributed by atoms with Crippen LogP contribution in [0.3, 0.4) is 0 Å². The van der Waals surface area contributed by atoms with Gasteiger partial charge >= 0.3 is 5.97 Å². The minimum Gasteiger partial charge on any atom is -0.461 e. The van der Waals surface area contributed by atoms with Gasteiger partial charge in [-0.1, -0.05) is 60.7 Å². The third-order valence-corrected chi connectivity index (χ3v) is 3.46. The number of hydrogen-bond acceptors (Lipinski definition) is 4. The molecule has 2 rings (SSSR count). The van der Waals surface area contributed by atoms with E-state index in [0.717, 1.165) is 11.1 Å². The molecule has 0 amide bonds. The molecule has 0 heterocycles. The Labute approximate surface area is 142 Å². The predicted molar refractivity (Wildman–Crippen MR) is 92.0 cm³/mol. The fraction of sp³-hybridized carbons (Fsp3) is 0.278. The lowest BCUT2D eigenvalue weighted by Gasteiger charge is -2.25. The average molecular weight is 336 g/mol. The van der Waals surface area contributed by atoms with Crippen molar-refractivity contribution in [2.24, 2.45) is 5.73 Å². The second-order valence-electron chi connectivity index (χ2n) is 5.23. The number of rotatable bonds is 5. The lowest BCUT2D eigenvalue weighted by atomic mass is 9.87. The Bertz CT molecular complexity index is 536. The van der Waals surface area contributed by atoms with Gasteiger partial charge in [-0.3, -0.25) is 9.45 Å². The van der Waals surface area contributed by atoms with E-state index in [1.54, 1.807) is 6.92 Å². The molecule has 124 valence electrons. The van der Waals surface area contributed by atoms with Crippen molar-refractivity contribution >= 4 is 17.8 Å². The third-order valence-electron chi connectivity index (χ3n) is 3.46. The first kappa shape index (κ1) is 19.2. The molecule has 0 saturated heterocycles. The molecule has 5 heteroatoms. The molecule has 0 fully saturated rings. The first-order valence-corrected chi connectivity index (χ1v) is 7.66. The number of hydrogen-bond donors (Lipinski definition) is 2. The van der Waals surface area contributed by atoms with Crippen molar-refractivity contribution in [1.82, 2.24) is 0 Å². The summed E-state index contributed by atoms with van der Waals surface area (Å²) in [5.41, 5.74) is 7.83. The zero-order chi connectivity index (χ0) is 17.2. The lowest BCUT2D eigenvalue weighted by molar-refractivity contribution is -0.149. The zero-order valence-electron chi connectivity index (χ0n) is 13.2. The largest absolute Gasteiger partial charge is 0.461 e. The number of benzene rings is 2. The van der Waals surface area contributed by atoms with Crippen molar-refractivity contribution in [3.63, 3.8) is 0 Å². The standard InChI is InChI=1S/C18H21NO2.ClHO/c1-13(19)18(20)21-14(2)17(15-9-5-3-6-10-15)16-11-7-4-8-12-16;1-2/h3-14,17H,19H2,1-2H3;2H/t13-,14?;/m0./s1. The molecule has 0 aliphatic rings. The van der Waals surface area contributed by atoms with Gasteiger partial charge in [0.2, 0.25) is 0 Å². The van der Waals surface area contributed by atoms with Crippen LogP contribution < -0.4 is 5.73 Å². The maximum absolute atomic E-state index is 11.8. The first-order chi connectivity index (χ1) is 11.1. The average Bonchev–Trinajstić information content (AvgIpc) is 2.58. The summed E-state index contributed by atoms with van der Waals surface area (Å²) in [6, 6.07) is 19.5. The van der Waals surface area contributed by atoms with Crippen molar-refractivity contribution in [3.05, 3.63) is 71.8 Å². The topological polar surface area (TPSA) is 72.5 Å². The van der Waals surface area contributed by atoms with Crippen LogP contribution in [0.2, 0.25) is 0 Å². The van der Waals surface area contributed by atoms with Crippen LogP contribution in [0.5, 0.6) is 0 Å². The van der Waals surface area contributed by atoms with Crippen molar-refractivity contribution in [1.29, 1.82) is 0 Å². The highest BCUT2D eigenvalue weighted by Crippen LogP contribution is 2.29. The Morgan fingerprint density at radius 2 is 1.35 bits per heavy atom. The van der Waals surface area contributed by atoms with E-state index >= 15 is 0 Å². The minimum absolute atomic E-state index is 0.00454. The maximum Gasteiger partial charge on any atom is 0.322 e. The highest BCUT2D eigenvalue weighted by Gasteiger charge is 2.25. The van der Waals surface area contributed by atoms with Crippen LogP contribution in [0.1, 0.15) is 30.9 Å². The van der Waals surface area contributed by atoms with Crippen LogP contribution in [-0.2, 0) is 9.53 Å². The van der Waals surface area contributed by atoms with E-state index in [-0.39, 0.29) is 18.0 Å². The van der Waals surface area contributed by atoms with Crippen molar-refractivity contribution < 1.29 is 14.2 Å². The van der Waals surface area contributed by atoms with Gasteiger partial charge in [-0.15, -0.1) is 0 Å². The van der Waals surface area contributed by atoms with E-state index in [2.05, 4.69) is 11.9 Å². The smallest absolute Gasteiger partial charge is 0.322 e. The van der Waals surface area contributed by atoms with E-state index < -0.39 is 6.04 Å².